The fourth-order valence-electron chi connectivity index (χ4n) is 3.92. The third kappa shape index (κ3) is 3.91. The summed E-state index contributed by atoms with van der Waals surface area (Å²) in [5.41, 5.74) is 2.08. The summed E-state index contributed by atoms with van der Waals surface area (Å²) in [6, 6.07) is 8.99. The summed E-state index contributed by atoms with van der Waals surface area (Å²) in [5, 5.41) is 0. The number of nitrogens with zero attached hydrogens (tertiary/aromatic N) is 3. The maximum Gasteiger partial charge on any atom is 0.416 e. The minimum absolute atomic E-state index is 0.0683. The van der Waals surface area contributed by atoms with E-state index < -0.39 is 11.7 Å². The number of anilines is 1. The molecule has 3 heterocycles. The van der Waals surface area contributed by atoms with E-state index in [-0.39, 0.29) is 5.91 Å². The summed E-state index contributed by atoms with van der Waals surface area (Å²) in [7, 11) is 0. The van der Waals surface area contributed by atoms with Gasteiger partial charge in [-0.1, -0.05) is 19.4 Å². The predicted octanol–water partition coefficient (Wildman–Crippen LogP) is 5.02. The lowest BCUT2D eigenvalue weighted by atomic mass is 10.1. The Bertz CT molecular complexity index is 1030. The summed E-state index contributed by atoms with van der Waals surface area (Å²) in [4.78, 5) is 16.8. The van der Waals surface area contributed by atoms with Crippen LogP contribution in [0, 0.1) is 0 Å². The molecule has 3 aromatic rings. The van der Waals surface area contributed by atoms with E-state index in [1.54, 1.807) is 23.3 Å². The molecule has 1 saturated heterocycles. The van der Waals surface area contributed by atoms with Crippen LogP contribution in [0.2, 0.25) is 0 Å². The van der Waals surface area contributed by atoms with Crippen LogP contribution in [0.15, 0.2) is 47.1 Å². The van der Waals surface area contributed by atoms with Gasteiger partial charge in [0.15, 0.2) is 5.58 Å². The molecule has 1 aliphatic heterocycles. The van der Waals surface area contributed by atoms with Crippen LogP contribution in [0.4, 0.5) is 18.9 Å². The second kappa shape index (κ2) is 8.08. The molecule has 8 heteroatoms. The first-order valence-electron chi connectivity index (χ1n) is 10.2. The number of aryl methyl sites for hydroxylation is 1. The number of amides is 1. The highest BCUT2D eigenvalue weighted by atomic mass is 19.4. The number of furan rings is 1. The molecule has 0 bridgehead atoms. The number of piperazine rings is 1. The van der Waals surface area contributed by atoms with Crippen molar-refractivity contribution in [3.63, 3.8) is 0 Å². The topological polar surface area (TPSA) is 41.6 Å². The van der Waals surface area contributed by atoms with E-state index >= 15 is 0 Å². The average Bonchev–Trinajstić information content (AvgIpc) is 3.33. The van der Waals surface area contributed by atoms with Crippen molar-refractivity contribution in [2.45, 2.75) is 32.5 Å². The Kier molecular flexibility index (Phi) is 5.49. The van der Waals surface area contributed by atoms with E-state index in [1.807, 2.05) is 15.5 Å². The van der Waals surface area contributed by atoms with Crippen molar-refractivity contribution in [2.75, 3.05) is 31.1 Å². The molecule has 1 aliphatic rings. The van der Waals surface area contributed by atoms with E-state index in [4.69, 9.17) is 4.42 Å². The van der Waals surface area contributed by atoms with Crippen molar-refractivity contribution in [3.05, 3.63) is 53.9 Å². The van der Waals surface area contributed by atoms with E-state index in [1.165, 1.54) is 12.1 Å². The number of halogens is 3. The van der Waals surface area contributed by atoms with Gasteiger partial charge in [0.2, 0.25) is 0 Å². The number of fused-ring (bicyclic) bond motifs is 1. The Hall–Kier alpha value is -2.90. The largest absolute Gasteiger partial charge is 0.463 e. The van der Waals surface area contributed by atoms with Crippen LogP contribution in [0.25, 0.3) is 11.1 Å². The Morgan fingerprint density at radius 3 is 2.57 bits per heavy atom. The van der Waals surface area contributed by atoms with Gasteiger partial charge in [0.1, 0.15) is 5.69 Å². The summed E-state index contributed by atoms with van der Waals surface area (Å²) < 4.78 is 46.5. The number of rotatable bonds is 5. The molecule has 5 nitrogen and oxygen atoms in total. The minimum atomic E-state index is -4.37. The van der Waals surface area contributed by atoms with Gasteiger partial charge < -0.3 is 18.8 Å². The third-order valence-corrected chi connectivity index (χ3v) is 5.58. The first-order chi connectivity index (χ1) is 14.4. The first-order valence-corrected chi connectivity index (χ1v) is 10.2. The molecule has 0 N–H and O–H groups in total. The summed E-state index contributed by atoms with van der Waals surface area (Å²) in [6.07, 6.45) is -0.775. The standard InChI is InChI=1S/C22H24F3N3O2/c1-2-3-8-28-18-7-13-30-20(18)15-19(28)21(29)27-11-9-26(10-12-27)17-6-4-5-16(14-17)22(23,24)25/h4-7,13-15H,2-3,8-12H2,1H3. The maximum atomic E-state index is 13.2. The van der Waals surface area contributed by atoms with Gasteiger partial charge in [-0.3, -0.25) is 4.79 Å². The normalized spacial score (nSPS) is 15.2. The summed E-state index contributed by atoms with van der Waals surface area (Å²) >= 11 is 0. The molecule has 0 radical (unpaired) electrons. The van der Waals surface area contributed by atoms with Crippen LogP contribution in [-0.4, -0.2) is 41.6 Å². The average molecular weight is 419 g/mol. The highest BCUT2D eigenvalue weighted by Gasteiger charge is 2.31. The Morgan fingerprint density at radius 1 is 1.10 bits per heavy atom. The van der Waals surface area contributed by atoms with Crippen LogP contribution in [0.5, 0.6) is 0 Å². The van der Waals surface area contributed by atoms with E-state index in [2.05, 4.69) is 6.92 Å². The first kappa shape index (κ1) is 20.4. The molecule has 1 amide bonds. The maximum absolute atomic E-state index is 13.2. The quantitative estimate of drug-likeness (QED) is 0.583. The smallest absolute Gasteiger partial charge is 0.416 e. The van der Waals surface area contributed by atoms with Crippen molar-refractivity contribution in [1.82, 2.24) is 9.47 Å². The van der Waals surface area contributed by atoms with Crippen LogP contribution >= 0.6 is 0 Å². The van der Waals surface area contributed by atoms with Gasteiger partial charge in [-0.05, 0) is 24.6 Å². The lowest BCUT2D eigenvalue weighted by Gasteiger charge is -2.36. The van der Waals surface area contributed by atoms with Gasteiger partial charge in [0.25, 0.3) is 5.91 Å². The molecule has 0 aliphatic carbocycles. The zero-order valence-corrected chi connectivity index (χ0v) is 16.8. The second-order valence-corrected chi connectivity index (χ2v) is 7.53. The van der Waals surface area contributed by atoms with E-state index in [9.17, 15) is 18.0 Å². The molecular weight excluding hydrogens is 395 g/mol. The minimum Gasteiger partial charge on any atom is -0.463 e. The molecule has 1 fully saturated rings. The van der Waals surface area contributed by atoms with Gasteiger partial charge in [-0.15, -0.1) is 0 Å². The van der Waals surface area contributed by atoms with Crippen molar-refractivity contribution in [1.29, 1.82) is 0 Å². The van der Waals surface area contributed by atoms with Crippen molar-refractivity contribution in [3.8, 4) is 0 Å². The fraction of sp³-hybridized carbons (Fsp3) is 0.409. The van der Waals surface area contributed by atoms with Crippen molar-refractivity contribution < 1.29 is 22.4 Å². The van der Waals surface area contributed by atoms with E-state index in [0.29, 0.717) is 43.1 Å². The number of aromatic nitrogens is 1. The van der Waals surface area contributed by atoms with Crippen molar-refractivity contribution in [2.24, 2.45) is 0 Å². The Morgan fingerprint density at radius 2 is 1.87 bits per heavy atom. The predicted molar refractivity (Wildman–Crippen MR) is 109 cm³/mol. The molecule has 0 atom stereocenters. The van der Waals surface area contributed by atoms with Crippen LogP contribution in [0.1, 0.15) is 35.8 Å². The van der Waals surface area contributed by atoms with Gasteiger partial charge in [-0.25, -0.2) is 0 Å². The number of carbonyl (C=O) groups excluding carboxylic acids is 1. The van der Waals surface area contributed by atoms with Crippen LogP contribution in [0.3, 0.4) is 0 Å². The van der Waals surface area contributed by atoms with Gasteiger partial charge in [0, 0.05) is 50.5 Å². The highest BCUT2D eigenvalue weighted by Crippen LogP contribution is 2.32. The summed E-state index contributed by atoms with van der Waals surface area (Å²) in [6.45, 7) is 4.72. The number of unbranched alkanes of at least 4 members (excludes halogenated alkanes) is 1. The van der Waals surface area contributed by atoms with Crippen molar-refractivity contribution >= 4 is 22.7 Å². The van der Waals surface area contributed by atoms with Gasteiger partial charge >= 0.3 is 6.18 Å². The number of hydrogen-bond donors (Lipinski definition) is 0. The Balaban J connectivity index is 1.48. The SMILES string of the molecule is CCCCn1c(C(=O)N2CCN(c3cccc(C(F)(F)F)c3)CC2)cc2occc21. The molecule has 4 rings (SSSR count). The lowest BCUT2D eigenvalue weighted by Crippen LogP contribution is -2.49. The Labute approximate surface area is 172 Å². The molecular formula is C22H24F3N3O2. The molecule has 0 saturated carbocycles. The monoisotopic (exact) mass is 419 g/mol. The number of benzene rings is 1. The number of hydrogen-bond acceptors (Lipinski definition) is 3. The molecule has 30 heavy (non-hydrogen) atoms. The summed E-state index contributed by atoms with van der Waals surface area (Å²) in [5.74, 6) is -0.0683. The van der Waals surface area contributed by atoms with Gasteiger partial charge in [-0.2, -0.15) is 13.2 Å². The lowest BCUT2D eigenvalue weighted by molar-refractivity contribution is -0.137. The van der Waals surface area contributed by atoms with Gasteiger partial charge in [0.05, 0.1) is 17.3 Å². The molecule has 160 valence electrons. The molecule has 1 aromatic carbocycles. The van der Waals surface area contributed by atoms with Crippen LogP contribution < -0.4 is 4.90 Å². The highest BCUT2D eigenvalue weighted by molar-refractivity contribution is 5.97. The molecule has 0 unspecified atom stereocenters. The van der Waals surface area contributed by atoms with Crippen LogP contribution in [-0.2, 0) is 12.7 Å². The molecule has 0 spiro atoms. The fourth-order valence-corrected chi connectivity index (χ4v) is 3.92. The number of carbonyl (C=O) groups is 1. The third-order valence-electron chi connectivity index (χ3n) is 5.58. The zero-order valence-electron chi connectivity index (χ0n) is 16.8. The van der Waals surface area contributed by atoms with E-state index in [0.717, 1.165) is 31.0 Å². The molecule has 2 aromatic heterocycles. The second-order valence-electron chi connectivity index (χ2n) is 7.53. The number of alkyl halides is 3. The zero-order chi connectivity index (χ0) is 21.3.